The highest BCUT2D eigenvalue weighted by Crippen LogP contribution is 2.30. The van der Waals surface area contributed by atoms with E-state index in [0.29, 0.717) is 12.0 Å². The molecule has 2 nitrogen and oxygen atoms in total. The standard InChI is InChI=1S/C26H42N2/c1-3-5-6-7-8-9-10-11-12-16-19-25(22-24-17-14-13-15-18-24)26(4-2)28-21-20-27-23-28/h13-15,17-18,20-21,23,25-26H,3-12,16,19,22H2,1-2H3. The van der Waals surface area contributed by atoms with Gasteiger partial charge in [-0.2, -0.15) is 0 Å². The average Bonchev–Trinajstić information content (AvgIpc) is 3.25. The summed E-state index contributed by atoms with van der Waals surface area (Å²) in [6.07, 6.45) is 23.8. The van der Waals surface area contributed by atoms with Crippen molar-refractivity contribution in [3.8, 4) is 0 Å². The fraction of sp³-hybridized carbons (Fsp3) is 0.654. The first-order valence-electron chi connectivity index (χ1n) is 11.9. The first-order chi connectivity index (χ1) is 13.8. The molecule has 2 aromatic rings. The van der Waals surface area contributed by atoms with Gasteiger partial charge >= 0.3 is 0 Å². The zero-order valence-electron chi connectivity index (χ0n) is 18.4. The predicted octanol–water partition coefficient (Wildman–Crippen LogP) is 8.00. The lowest BCUT2D eigenvalue weighted by atomic mass is 9.86. The molecule has 28 heavy (non-hydrogen) atoms. The van der Waals surface area contributed by atoms with E-state index in [1.54, 1.807) is 0 Å². The molecule has 0 aliphatic rings. The highest BCUT2D eigenvalue weighted by Gasteiger charge is 2.21. The lowest BCUT2D eigenvalue weighted by Gasteiger charge is -2.28. The zero-order chi connectivity index (χ0) is 19.9. The highest BCUT2D eigenvalue weighted by molar-refractivity contribution is 5.15. The molecule has 1 aromatic carbocycles. The Bertz CT molecular complexity index is 576. The molecule has 0 saturated heterocycles. The number of benzene rings is 1. The molecule has 1 aromatic heterocycles. The minimum absolute atomic E-state index is 0.557. The van der Waals surface area contributed by atoms with E-state index in [-0.39, 0.29) is 0 Å². The molecule has 0 radical (unpaired) electrons. The maximum absolute atomic E-state index is 4.30. The van der Waals surface area contributed by atoms with Crippen LogP contribution in [0, 0.1) is 5.92 Å². The van der Waals surface area contributed by atoms with Gasteiger partial charge in [0.2, 0.25) is 0 Å². The molecule has 2 atom stereocenters. The third-order valence-corrected chi connectivity index (χ3v) is 6.14. The van der Waals surface area contributed by atoms with E-state index < -0.39 is 0 Å². The SMILES string of the molecule is CCCCCCCCCCCCC(Cc1ccccc1)C(CC)n1ccnc1. The smallest absolute Gasteiger partial charge is 0.0948 e. The molecular formula is C26H42N2. The van der Waals surface area contributed by atoms with Gasteiger partial charge in [0.1, 0.15) is 0 Å². The lowest BCUT2D eigenvalue weighted by Crippen LogP contribution is -2.20. The van der Waals surface area contributed by atoms with Crippen LogP contribution in [0.4, 0.5) is 0 Å². The molecule has 0 aliphatic heterocycles. The Morgan fingerprint density at radius 3 is 2.04 bits per heavy atom. The Labute approximate surface area is 173 Å². The second-order valence-corrected chi connectivity index (χ2v) is 8.41. The van der Waals surface area contributed by atoms with Crippen LogP contribution >= 0.6 is 0 Å². The Hall–Kier alpha value is -1.57. The molecule has 1 heterocycles. The topological polar surface area (TPSA) is 17.8 Å². The van der Waals surface area contributed by atoms with E-state index in [0.717, 1.165) is 0 Å². The van der Waals surface area contributed by atoms with E-state index in [2.05, 4.69) is 59.9 Å². The molecular weight excluding hydrogens is 340 g/mol. The van der Waals surface area contributed by atoms with Gasteiger partial charge in [-0.25, -0.2) is 4.98 Å². The van der Waals surface area contributed by atoms with Gasteiger partial charge < -0.3 is 4.57 Å². The van der Waals surface area contributed by atoms with E-state index in [4.69, 9.17) is 0 Å². The predicted molar refractivity (Wildman–Crippen MR) is 122 cm³/mol. The minimum atomic E-state index is 0.557. The maximum Gasteiger partial charge on any atom is 0.0948 e. The largest absolute Gasteiger partial charge is 0.334 e. The Morgan fingerprint density at radius 2 is 1.46 bits per heavy atom. The normalized spacial score (nSPS) is 13.5. The summed E-state index contributed by atoms with van der Waals surface area (Å²) in [5.41, 5.74) is 1.47. The van der Waals surface area contributed by atoms with Crippen LogP contribution in [0.3, 0.4) is 0 Å². The summed E-state index contributed by atoms with van der Waals surface area (Å²) in [4.78, 5) is 4.30. The Morgan fingerprint density at radius 1 is 0.821 bits per heavy atom. The van der Waals surface area contributed by atoms with Crippen LogP contribution in [-0.2, 0) is 6.42 Å². The van der Waals surface area contributed by atoms with E-state index >= 15 is 0 Å². The van der Waals surface area contributed by atoms with Crippen LogP contribution in [0.25, 0.3) is 0 Å². The molecule has 0 amide bonds. The molecule has 0 saturated carbocycles. The average molecular weight is 383 g/mol. The van der Waals surface area contributed by atoms with E-state index in [1.807, 2.05) is 12.5 Å². The van der Waals surface area contributed by atoms with Crippen molar-refractivity contribution < 1.29 is 0 Å². The zero-order valence-corrected chi connectivity index (χ0v) is 18.4. The van der Waals surface area contributed by atoms with Crippen molar-refractivity contribution >= 4 is 0 Å². The van der Waals surface area contributed by atoms with Crippen molar-refractivity contribution in [1.29, 1.82) is 0 Å². The van der Waals surface area contributed by atoms with E-state index in [9.17, 15) is 0 Å². The van der Waals surface area contributed by atoms with Crippen molar-refractivity contribution in [1.82, 2.24) is 9.55 Å². The molecule has 0 fully saturated rings. The summed E-state index contributed by atoms with van der Waals surface area (Å²) in [5, 5.41) is 0. The number of unbranched alkanes of at least 4 members (excludes halogenated alkanes) is 9. The van der Waals surface area contributed by atoms with Crippen molar-refractivity contribution in [3.63, 3.8) is 0 Å². The fourth-order valence-electron chi connectivity index (χ4n) is 4.49. The van der Waals surface area contributed by atoms with E-state index in [1.165, 1.54) is 89.0 Å². The van der Waals surface area contributed by atoms with Gasteiger partial charge in [0.05, 0.1) is 6.33 Å². The van der Waals surface area contributed by atoms with Crippen molar-refractivity contribution in [2.45, 2.75) is 103 Å². The fourth-order valence-corrected chi connectivity index (χ4v) is 4.49. The summed E-state index contributed by atoms with van der Waals surface area (Å²) >= 11 is 0. The molecule has 2 heteroatoms. The number of rotatable bonds is 16. The van der Waals surface area contributed by atoms with Gasteiger partial charge in [-0.1, -0.05) is 108 Å². The first kappa shape index (κ1) is 22.7. The van der Waals surface area contributed by atoms with Crippen molar-refractivity contribution in [2.24, 2.45) is 5.92 Å². The van der Waals surface area contributed by atoms with Crippen LogP contribution in [-0.4, -0.2) is 9.55 Å². The summed E-state index contributed by atoms with van der Waals surface area (Å²) < 4.78 is 2.34. The number of nitrogens with zero attached hydrogens (tertiary/aromatic N) is 2. The number of hydrogen-bond acceptors (Lipinski definition) is 1. The van der Waals surface area contributed by atoms with Crippen molar-refractivity contribution in [2.75, 3.05) is 0 Å². The molecule has 0 spiro atoms. The van der Waals surface area contributed by atoms with Crippen LogP contribution in [0.15, 0.2) is 49.1 Å². The number of hydrogen-bond donors (Lipinski definition) is 0. The molecule has 0 bridgehead atoms. The minimum Gasteiger partial charge on any atom is -0.334 e. The maximum atomic E-state index is 4.30. The second kappa shape index (κ2) is 14.4. The summed E-state index contributed by atoms with van der Waals surface area (Å²) in [6.45, 7) is 4.61. The van der Waals surface area contributed by atoms with Crippen LogP contribution < -0.4 is 0 Å². The second-order valence-electron chi connectivity index (χ2n) is 8.41. The molecule has 0 aliphatic carbocycles. The highest BCUT2D eigenvalue weighted by atomic mass is 15.1. The van der Waals surface area contributed by atoms with Crippen molar-refractivity contribution in [3.05, 3.63) is 54.6 Å². The summed E-state index contributed by atoms with van der Waals surface area (Å²) in [5.74, 6) is 0.690. The number of aromatic nitrogens is 2. The van der Waals surface area contributed by atoms with Crippen LogP contribution in [0.1, 0.15) is 103 Å². The van der Waals surface area contributed by atoms with Crippen LogP contribution in [0.2, 0.25) is 0 Å². The van der Waals surface area contributed by atoms with Gasteiger partial charge in [0, 0.05) is 18.4 Å². The number of imidazole rings is 1. The summed E-state index contributed by atoms with van der Waals surface area (Å²) in [6, 6.07) is 11.6. The third kappa shape index (κ3) is 8.63. The van der Waals surface area contributed by atoms with Gasteiger partial charge in [-0.05, 0) is 30.7 Å². The van der Waals surface area contributed by atoms with Gasteiger partial charge in [0.25, 0.3) is 0 Å². The van der Waals surface area contributed by atoms with Crippen LogP contribution in [0.5, 0.6) is 0 Å². The summed E-state index contributed by atoms with van der Waals surface area (Å²) in [7, 11) is 0. The third-order valence-electron chi connectivity index (χ3n) is 6.14. The molecule has 156 valence electrons. The van der Waals surface area contributed by atoms with Gasteiger partial charge in [-0.3, -0.25) is 0 Å². The molecule has 2 unspecified atom stereocenters. The van der Waals surface area contributed by atoms with Gasteiger partial charge in [-0.15, -0.1) is 0 Å². The Balaban J connectivity index is 1.75. The molecule has 2 rings (SSSR count). The Kier molecular flexibility index (Phi) is 11.7. The quantitative estimate of drug-likeness (QED) is 0.269. The molecule has 0 N–H and O–H groups in total. The lowest BCUT2D eigenvalue weighted by molar-refractivity contribution is 0.290. The first-order valence-corrected chi connectivity index (χ1v) is 11.9. The monoisotopic (exact) mass is 382 g/mol. The van der Waals surface area contributed by atoms with Gasteiger partial charge in [0.15, 0.2) is 0 Å².